The molecule has 0 bridgehead atoms. The van der Waals surface area contributed by atoms with Crippen molar-refractivity contribution in [3.05, 3.63) is 82.6 Å². The van der Waals surface area contributed by atoms with Crippen molar-refractivity contribution in [3.8, 4) is 5.69 Å². The number of benzene rings is 2. The average Bonchev–Trinajstić information content (AvgIpc) is 3.11. The Kier molecular flexibility index (Phi) is 5.11. The van der Waals surface area contributed by atoms with Gasteiger partial charge >= 0.3 is 0 Å². The van der Waals surface area contributed by atoms with Crippen LogP contribution in [-0.4, -0.2) is 22.2 Å². The normalized spacial score (nSPS) is 11.9. The van der Waals surface area contributed by atoms with Crippen molar-refractivity contribution in [3.63, 3.8) is 0 Å². The van der Waals surface area contributed by atoms with E-state index in [9.17, 15) is 4.79 Å². The first-order valence-corrected chi connectivity index (χ1v) is 8.56. The predicted molar refractivity (Wildman–Crippen MR) is 98.5 cm³/mol. The summed E-state index contributed by atoms with van der Waals surface area (Å²) in [6, 6.07) is 17.9. The van der Waals surface area contributed by atoms with Crippen LogP contribution in [0, 0.1) is 0 Å². The number of amides is 1. The number of hydrogen-bond donors (Lipinski definition) is 1. The van der Waals surface area contributed by atoms with Crippen LogP contribution in [0.2, 0.25) is 0 Å². The second-order valence-corrected chi connectivity index (χ2v) is 6.59. The molecule has 1 amide bonds. The van der Waals surface area contributed by atoms with Crippen molar-refractivity contribution in [2.45, 2.75) is 12.8 Å². The van der Waals surface area contributed by atoms with E-state index in [1.54, 1.807) is 17.1 Å². The van der Waals surface area contributed by atoms with Crippen molar-refractivity contribution in [1.29, 1.82) is 0 Å². The molecule has 3 aromatic rings. The predicted octanol–water partition coefficient (Wildman–Crippen LogP) is 4.17. The minimum atomic E-state index is -0.110. The molecule has 0 spiro atoms. The zero-order valence-corrected chi connectivity index (χ0v) is 14.9. The van der Waals surface area contributed by atoms with Crippen molar-refractivity contribution in [2.75, 3.05) is 6.54 Å². The van der Waals surface area contributed by atoms with Crippen LogP contribution in [0.1, 0.15) is 28.8 Å². The van der Waals surface area contributed by atoms with E-state index < -0.39 is 0 Å². The molecule has 24 heavy (non-hydrogen) atoms. The lowest BCUT2D eigenvalue weighted by molar-refractivity contribution is 0.0951. The largest absolute Gasteiger partial charge is 0.351 e. The van der Waals surface area contributed by atoms with Crippen LogP contribution in [0.5, 0.6) is 0 Å². The number of rotatable bonds is 5. The molecule has 0 saturated carbocycles. The number of carbonyl (C=O) groups excluding carboxylic acids is 1. The first-order chi connectivity index (χ1) is 11.6. The first-order valence-electron chi connectivity index (χ1n) is 7.77. The Bertz CT molecular complexity index is 812. The Hall–Kier alpha value is -2.40. The maximum Gasteiger partial charge on any atom is 0.254 e. The minimum absolute atomic E-state index is 0.110. The SMILES string of the molecule is C[C@H](CNC(=O)c1cnn(-c2ccc(Br)cc2)c1)c1ccccc1. The molecule has 0 radical (unpaired) electrons. The second kappa shape index (κ2) is 7.45. The van der Waals surface area contributed by atoms with Gasteiger partial charge in [0, 0.05) is 17.2 Å². The third-order valence-electron chi connectivity index (χ3n) is 3.87. The molecule has 0 aliphatic rings. The fraction of sp³-hybridized carbons (Fsp3) is 0.158. The highest BCUT2D eigenvalue weighted by atomic mass is 79.9. The van der Waals surface area contributed by atoms with Crippen molar-refractivity contribution < 1.29 is 4.79 Å². The zero-order valence-electron chi connectivity index (χ0n) is 13.3. The quantitative estimate of drug-likeness (QED) is 0.718. The van der Waals surface area contributed by atoms with Crippen molar-refractivity contribution in [2.24, 2.45) is 0 Å². The second-order valence-electron chi connectivity index (χ2n) is 5.67. The average molecular weight is 384 g/mol. The van der Waals surface area contributed by atoms with Gasteiger partial charge in [-0.1, -0.05) is 53.2 Å². The fourth-order valence-corrected chi connectivity index (χ4v) is 2.69. The van der Waals surface area contributed by atoms with Gasteiger partial charge in [-0.3, -0.25) is 4.79 Å². The van der Waals surface area contributed by atoms with Crippen LogP contribution in [0.4, 0.5) is 0 Å². The molecule has 0 fully saturated rings. The van der Waals surface area contributed by atoms with Gasteiger partial charge in [0.2, 0.25) is 0 Å². The fourth-order valence-electron chi connectivity index (χ4n) is 2.42. The summed E-state index contributed by atoms with van der Waals surface area (Å²) in [7, 11) is 0. The van der Waals surface area contributed by atoms with Crippen molar-refractivity contribution in [1.82, 2.24) is 15.1 Å². The third kappa shape index (κ3) is 3.92. The van der Waals surface area contributed by atoms with Crippen LogP contribution >= 0.6 is 15.9 Å². The van der Waals surface area contributed by atoms with E-state index in [1.807, 2.05) is 42.5 Å². The maximum atomic E-state index is 12.3. The van der Waals surface area contributed by atoms with E-state index in [4.69, 9.17) is 0 Å². The lowest BCUT2D eigenvalue weighted by Crippen LogP contribution is -2.27. The van der Waals surface area contributed by atoms with Crippen LogP contribution in [0.15, 0.2) is 71.5 Å². The van der Waals surface area contributed by atoms with Crippen LogP contribution in [-0.2, 0) is 0 Å². The molecule has 0 saturated heterocycles. The highest BCUT2D eigenvalue weighted by molar-refractivity contribution is 9.10. The molecule has 3 rings (SSSR count). The van der Waals surface area contributed by atoms with E-state index in [0.717, 1.165) is 10.2 Å². The van der Waals surface area contributed by atoms with Crippen LogP contribution in [0.25, 0.3) is 5.69 Å². The van der Waals surface area contributed by atoms with E-state index in [2.05, 4.69) is 45.4 Å². The molecule has 4 nitrogen and oxygen atoms in total. The number of halogens is 1. The lowest BCUT2D eigenvalue weighted by atomic mass is 10.0. The molecular weight excluding hydrogens is 366 g/mol. The highest BCUT2D eigenvalue weighted by Crippen LogP contribution is 2.15. The topological polar surface area (TPSA) is 46.9 Å². The molecule has 2 aromatic carbocycles. The van der Waals surface area contributed by atoms with Crippen molar-refractivity contribution >= 4 is 21.8 Å². The van der Waals surface area contributed by atoms with Gasteiger partial charge in [0.1, 0.15) is 0 Å². The van der Waals surface area contributed by atoms with Gasteiger partial charge in [-0.05, 0) is 35.7 Å². The molecule has 1 aromatic heterocycles. The summed E-state index contributed by atoms with van der Waals surface area (Å²) >= 11 is 3.41. The standard InChI is InChI=1S/C19H18BrN3O/c1-14(15-5-3-2-4-6-15)11-21-19(24)16-12-22-23(13-16)18-9-7-17(20)8-10-18/h2-10,12-14H,11H2,1H3,(H,21,24)/t14-/m1/s1. The Labute approximate surface area is 149 Å². The molecule has 1 N–H and O–H groups in total. The van der Waals surface area contributed by atoms with E-state index in [-0.39, 0.29) is 11.8 Å². The van der Waals surface area contributed by atoms with Gasteiger partial charge in [0.05, 0.1) is 17.4 Å². The third-order valence-corrected chi connectivity index (χ3v) is 4.40. The number of nitrogens with zero attached hydrogens (tertiary/aromatic N) is 2. The zero-order chi connectivity index (χ0) is 16.9. The van der Waals surface area contributed by atoms with Crippen LogP contribution < -0.4 is 5.32 Å². The summed E-state index contributed by atoms with van der Waals surface area (Å²) < 4.78 is 2.70. The summed E-state index contributed by atoms with van der Waals surface area (Å²) in [4.78, 5) is 12.3. The van der Waals surface area contributed by atoms with E-state index in [0.29, 0.717) is 12.1 Å². The molecule has 1 heterocycles. The van der Waals surface area contributed by atoms with Gasteiger partial charge in [0.25, 0.3) is 5.91 Å². The smallest absolute Gasteiger partial charge is 0.254 e. The summed E-state index contributed by atoms with van der Waals surface area (Å²) in [5.74, 6) is 0.151. The molecule has 1 atom stereocenters. The van der Waals surface area contributed by atoms with E-state index >= 15 is 0 Å². The molecule has 122 valence electrons. The summed E-state index contributed by atoms with van der Waals surface area (Å²) in [6.07, 6.45) is 3.33. The summed E-state index contributed by atoms with van der Waals surface area (Å²) in [6.45, 7) is 2.69. The maximum absolute atomic E-state index is 12.3. The molecule has 0 unspecified atom stereocenters. The molecule has 0 aliphatic heterocycles. The Balaban J connectivity index is 1.63. The van der Waals surface area contributed by atoms with E-state index in [1.165, 1.54) is 5.56 Å². The molecular formula is C19H18BrN3O. The number of nitrogens with one attached hydrogen (secondary N) is 1. The molecule has 0 aliphatic carbocycles. The van der Waals surface area contributed by atoms with Gasteiger partial charge in [-0.25, -0.2) is 4.68 Å². The monoisotopic (exact) mass is 383 g/mol. The first kappa shape index (κ1) is 16.5. The summed E-state index contributed by atoms with van der Waals surface area (Å²) in [5.41, 5.74) is 2.68. The van der Waals surface area contributed by atoms with Gasteiger partial charge < -0.3 is 5.32 Å². The van der Waals surface area contributed by atoms with Crippen LogP contribution in [0.3, 0.4) is 0 Å². The number of carbonyl (C=O) groups is 1. The number of hydrogen-bond acceptors (Lipinski definition) is 2. The Morgan fingerprint density at radius 2 is 1.88 bits per heavy atom. The summed E-state index contributed by atoms with van der Waals surface area (Å²) in [5, 5.41) is 7.23. The molecule has 5 heteroatoms. The van der Waals surface area contributed by atoms with Gasteiger partial charge in [0.15, 0.2) is 0 Å². The highest BCUT2D eigenvalue weighted by Gasteiger charge is 2.11. The minimum Gasteiger partial charge on any atom is -0.351 e. The number of aromatic nitrogens is 2. The van der Waals surface area contributed by atoms with Gasteiger partial charge in [-0.2, -0.15) is 5.10 Å². The lowest BCUT2D eigenvalue weighted by Gasteiger charge is -2.12. The Morgan fingerprint density at radius 1 is 1.17 bits per heavy atom. The Morgan fingerprint density at radius 3 is 2.58 bits per heavy atom. The van der Waals surface area contributed by atoms with Gasteiger partial charge in [-0.15, -0.1) is 0 Å².